The molecule has 10 heteroatoms. The number of H-pyrrole nitrogens is 1. The predicted molar refractivity (Wildman–Crippen MR) is 105 cm³/mol. The van der Waals surface area contributed by atoms with Gasteiger partial charge in [0, 0.05) is 11.6 Å². The number of aromatic amines is 1. The third kappa shape index (κ3) is 6.14. The van der Waals surface area contributed by atoms with Gasteiger partial charge in [-0.25, -0.2) is 9.78 Å². The number of aromatic nitrogens is 3. The van der Waals surface area contributed by atoms with Crippen LogP contribution >= 0.6 is 23.4 Å². The van der Waals surface area contributed by atoms with Gasteiger partial charge in [-0.15, -0.1) is 5.10 Å². The van der Waals surface area contributed by atoms with Crippen molar-refractivity contribution < 1.29 is 14.3 Å². The lowest BCUT2D eigenvalue weighted by Gasteiger charge is -2.11. The molecule has 0 aliphatic heterocycles. The maximum atomic E-state index is 12.1. The zero-order chi connectivity index (χ0) is 20.0. The van der Waals surface area contributed by atoms with E-state index < -0.39 is 17.2 Å². The van der Waals surface area contributed by atoms with Gasteiger partial charge in [-0.1, -0.05) is 37.2 Å². The summed E-state index contributed by atoms with van der Waals surface area (Å²) in [6.45, 7) is 6.10. The fraction of sp³-hybridized carbons (Fsp3) is 0.412. The number of halogens is 1. The van der Waals surface area contributed by atoms with E-state index in [4.69, 9.17) is 16.3 Å². The van der Waals surface area contributed by atoms with E-state index in [1.165, 1.54) is 0 Å². The number of rotatable bonds is 7. The Balaban J connectivity index is 2.00. The number of carbonyl (C=O) groups is 2. The second-order valence-corrected chi connectivity index (χ2v) is 7.91. The molecule has 3 amide bonds. The van der Waals surface area contributed by atoms with Crippen molar-refractivity contribution in [3.05, 3.63) is 23.2 Å². The van der Waals surface area contributed by atoms with Gasteiger partial charge in [0.2, 0.25) is 11.1 Å². The molecule has 2 aromatic rings. The second kappa shape index (κ2) is 9.61. The van der Waals surface area contributed by atoms with E-state index in [1.807, 2.05) is 13.8 Å². The number of imide groups is 1. The fourth-order valence-electron chi connectivity index (χ4n) is 2.05. The first-order valence-electron chi connectivity index (χ1n) is 8.31. The van der Waals surface area contributed by atoms with Crippen LogP contribution in [-0.4, -0.2) is 46.0 Å². The summed E-state index contributed by atoms with van der Waals surface area (Å²) in [4.78, 5) is 28.2. The number of nitrogens with zero attached hydrogens (tertiary/aromatic N) is 2. The van der Waals surface area contributed by atoms with Crippen LogP contribution in [0.4, 0.5) is 4.79 Å². The van der Waals surface area contributed by atoms with E-state index in [9.17, 15) is 9.59 Å². The molecule has 146 valence electrons. The number of ether oxygens (including phenoxy) is 1. The van der Waals surface area contributed by atoms with Crippen molar-refractivity contribution >= 4 is 35.3 Å². The van der Waals surface area contributed by atoms with Crippen molar-refractivity contribution in [2.45, 2.75) is 31.2 Å². The molecule has 0 radical (unpaired) electrons. The van der Waals surface area contributed by atoms with Gasteiger partial charge < -0.3 is 10.1 Å². The minimum Gasteiger partial charge on any atom is -0.496 e. The number of hydrogen-bond acceptors (Lipinski definition) is 6. The molecule has 0 bridgehead atoms. The van der Waals surface area contributed by atoms with Crippen LogP contribution in [0.5, 0.6) is 5.75 Å². The zero-order valence-electron chi connectivity index (χ0n) is 15.5. The zero-order valence-corrected chi connectivity index (χ0v) is 17.1. The third-order valence-electron chi connectivity index (χ3n) is 3.44. The van der Waals surface area contributed by atoms with Gasteiger partial charge in [0.05, 0.1) is 17.9 Å². The predicted octanol–water partition coefficient (Wildman–Crippen LogP) is 3.10. The minimum absolute atomic E-state index is 0.299. The monoisotopic (exact) mass is 411 g/mol. The van der Waals surface area contributed by atoms with Gasteiger partial charge >= 0.3 is 6.03 Å². The number of carbonyl (C=O) groups excluding carboxylic acids is 2. The van der Waals surface area contributed by atoms with Crippen molar-refractivity contribution in [1.29, 1.82) is 0 Å². The van der Waals surface area contributed by atoms with Crippen molar-refractivity contribution in [2.75, 3.05) is 13.7 Å². The Bertz CT molecular complexity index is 812. The summed E-state index contributed by atoms with van der Waals surface area (Å²) in [5.74, 6) is 0.944. The average Bonchev–Trinajstić information content (AvgIpc) is 3.08. The Hall–Kier alpha value is -2.26. The van der Waals surface area contributed by atoms with Gasteiger partial charge in [-0.3, -0.25) is 15.2 Å². The molecular weight excluding hydrogens is 390 g/mol. The highest BCUT2D eigenvalue weighted by Gasteiger charge is 2.20. The van der Waals surface area contributed by atoms with Crippen LogP contribution in [0.15, 0.2) is 23.4 Å². The van der Waals surface area contributed by atoms with Crippen molar-refractivity contribution in [2.24, 2.45) is 5.92 Å². The molecule has 1 unspecified atom stereocenters. The molecule has 1 heterocycles. The van der Waals surface area contributed by atoms with E-state index in [-0.39, 0.29) is 0 Å². The van der Waals surface area contributed by atoms with Crippen molar-refractivity contribution in [1.82, 2.24) is 25.8 Å². The lowest BCUT2D eigenvalue weighted by molar-refractivity contribution is -0.119. The summed E-state index contributed by atoms with van der Waals surface area (Å²) in [6.07, 6.45) is 0. The average molecular weight is 412 g/mol. The largest absolute Gasteiger partial charge is 0.496 e. The number of nitrogens with one attached hydrogen (secondary N) is 3. The third-order valence-corrected chi connectivity index (χ3v) is 4.64. The second-order valence-electron chi connectivity index (χ2n) is 6.16. The van der Waals surface area contributed by atoms with Gasteiger partial charge in [-0.2, -0.15) is 0 Å². The standard InChI is InChI=1S/C17H22ClN5O3S/c1-9(2)8-19-16(25)21-15(24)10(3)27-17-20-14(22-23-17)12-7-11(18)5-6-13(12)26-4/h5-7,9-10H,8H2,1-4H3,(H,20,22,23)(H2,19,21,24,25). The molecule has 1 aromatic carbocycles. The Morgan fingerprint density at radius 3 is 2.74 bits per heavy atom. The molecule has 8 nitrogen and oxygen atoms in total. The van der Waals surface area contributed by atoms with Crippen LogP contribution in [0, 0.1) is 5.92 Å². The molecule has 2 rings (SSSR count). The molecule has 0 spiro atoms. The normalized spacial score (nSPS) is 11.9. The number of amides is 3. The smallest absolute Gasteiger partial charge is 0.321 e. The Labute approximate surface area is 166 Å². The Kier molecular flexibility index (Phi) is 7.49. The number of urea groups is 1. The van der Waals surface area contributed by atoms with Crippen LogP contribution in [0.2, 0.25) is 5.02 Å². The maximum Gasteiger partial charge on any atom is 0.321 e. The number of hydrogen-bond donors (Lipinski definition) is 3. The summed E-state index contributed by atoms with van der Waals surface area (Å²) in [5.41, 5.74) is 0.662. The molecule has 0 fully saturated rings. The highest BCUT2D eigenvalue weighted by molar-refractivity contribution is 8.00. The summed E-state index contributed by atoms with van der Waals surface area (Å²) in [6, 6.07) is 4.65. The lowest BCUT2D eigenvalue weighted by atomic mass is 10.2. The first kappa shape index (κ1) is 21.0. The molecule has 0 aliphatic carbocycles. The van der Waals surface area contributed by atoms with E-state index in [0.29, 0.717) is 39.8 Å². The van der Waals surface area contributed by atoms with Crippen molar-refractivity contribution in [3.8, 4) is 17.1 Å². The van der Waals surface area contributed by atoms with Gasteiger partial charge in [0.25, 0.3) is 0 Å². The van der Waals surface area contributed by atoms with Gasteiger partial charge in [0.15, 0.2) is 5.82 Å². The number of thioether (sulfide) groups is 1. The van der Waals surface area contributed by atoms with E-state index in [2.05, 4.69) is 25.8 Å². The SMILES string of the molecule is COc1ccc(Cl)cc1-c1nc(SC(C)C(=O)NC(=O)NCC(C)C)n[nH]1. The molecule has 1 atom stereocenters. The highest BCUT2D eigenvalue weighted by atomic mass is 35.5. The van der Waals surface area contributed by atoms with Crippen molar-refractivity contribution in [3.63, 3.8) is 0 Å². The van der Waals surface area contributed by atoms with Gasteiger partial charge in [0.1, 0.15) is 5.75 Å². The fourth-order valence-corrected chi connectivity index (χ4v) is 2.95. The molecule has 0 saturated carbocycles. The van der Waals surface area contributed by atoms with E-state index in [0.717, 1.165) is 11.8 Å². The molecular formula is C17H22ClN5O3S. The molecule has 1 aromatic heterocycles. The first-order valence-corrected chi connectivity index (χ1v) is 9.57. The van der Waals surface area contributed by atoms with E-state index in [1.54, 1.807) is 32.2 Å². The Morgan fingerprint density at radius 1 is 1.33 bits per heavy atom. The van der Waals surface area contributed by atoms with Crippen LogP contribution < -0.4 is 15.4 Å². The van der Waals surface area contributed by atoms with Crippen LogP contribution in [-0.2, 0) is 4.79 Å². The summed E-state index contributed by atoms with van der Waals surface area (Å²) in [7, 11) is 1.55. The number of methoxy groups -OCH3 is 1. The van der Waals surface area contributed by atoms with E-state index >= 15 is 0 Å². The topological polar surface area (TPSA) is 109 Å². The summed E-state index contributed by atoms with van der Waals surface area (Å²) >= 11 is 7.17. The molecule has 27 heavy (non-hydrogen) atoms. The molecule has 0 saturated heterocycles. The maximum absolute atomic E-state index is 12.1. The number of benzene rings is 1. The minimum atomic E-state index is -0.556. The van der Waals surface area contributed by atoms with Crippen LogP contribution in [0.25, 0.3) is 11.4 Å². The lowest BCUT2D eigenvalue weighted by Crippen LogP contribution is -2.43. The van der Waals surface area contributed by atoms with Crippen LogP contribution in [0.3, 0.4) is 0 Å². The molecule has 0 aliphatic rings. The highest BCUT2D eigenvalue weighted by Crippen LogP contribution is 2.31. The van der Waals surface area contributed by atoms with Crippen LogP contribution in [0.1, 0.15) is 20.8 Å². The molecule has 3 N–H and O–H groups in total. The quantitative estimate of drug-likeness (QED) is 0.604. The summed E-state index contributed by atoms with van der Waals surface area (Å²) < 4.78 is 5.30. The summed E-state index contributed by atoms with van der Waals surface area (Å²) in [5, 5.41) is 12.2. The Morgan fingerprint density at radius 2 is 2.07 bits per heavy atom. The van der Waals surface area contributed by atoms with Gasteiger partial charge in [-0.05, 0) is 31.0 Å². The first-order chi connectivity index (χ1) is 12.8.